The highest BCUT2D eigenvalue weighted by molar-refractivity contribution is 6.31. The first-order valence-electron chi connectivity index (χ1n) is 12.3. The number of likely N-dealkylation sites (tertiary alicyclic amines) is 1. The molecule has 0 radical (unpaired) electrons. The Bertz CT molecular complexity index is 1370. The second kappa shape index (κ2) is 10.7. The van der Waals surface area contributed by atoms with Gasteiger partial charge in [-0.25, -0.2) is 9.78 Å². The molecule has 0 bridgehead atoms. The van der Waals surface area contributed by atoms with Crippen molar-refractivity contribution >= 4 is 28.7 Å². The van der Waals surface area contributed by atoms with E-state index in [0.29, 0.717) is 24.5 Å². The molecule has 1 saturated heterocycles. The van der Waals surface area contributed by atoms with Gasteiger partial charge in [0, 0.05) is 37.7 Å². The first-order valence-corrected chi connectivity index (χ1v) is 12.7. The molecule has 0 saturated carbocycles. The van der Waals surface area contributed by atoms with Crippen molar-refractivity contribution in [3.05, 3.63) is 88.7 Å². The molecular formula is C29H30ClN3O3. The summed E-state index contributed by atoms with van der Waals surface area (Å²) in [5.74, 6) is 0.0351. The largest absolute Gasteiger partial charge is 0.465 e. The predicted octanol–water partition coefficient (Wildman–Crippen LogP) is 6.71. The fourth-order valence-corrected chi connectivity index (χ4v) is 5.84. The standard InChI is InChI=1S/C29H30ClN3O3/c1-36-15-5-7-19-6-2-3-8-21(19)20-11-12-23(26(30)16-20)25-17-33(29(34)35)14-13-22(25)24-9-4-10-27-28(24)32-18-31-27/h2-4,6,8-12,16,18,22,25H,5,7,13-15,17H2,1H3,(H,31,32)(H,34,35). The van der Waals surface area contributed by atoms with E-state index in [1.807, 2.05) is 24.3 Å². The van der Waals surface area contributed by atoms with Gasteiger partial charge in [0.2, 0.25) is 0 Å². The summed E-state index contributed by atoms with van der Waals surface area (Å²) in [4.78, 5) is 21.1. The number of carbonyl (C=O) groups is 1. The number of aromatic amines is 1. The molecule has 4 aromatic rings. The van der Waals surface area contributed by atoms with Crippen LogP contribution in [0.15, 0.2) is 67.0 Å². The van der Waals surface area contributed by atoms with Crippen LogP contribution in [0.3, 0.4) is 0 Å². The highest BCUT2D eigenvalue weighted by Crippen LogP contribution is 2.44. The van der Waals surface area contributed by atoms with Crippen LogP contribution in [0.5, 0.6) is 0 Å². The van der Waals surface area contributed by atoms with E-state index >= 15 is 0 Å². The van der Waals surface area contributed by atoms with Gasteiger partial charge >= 0.3 is 6.09 Å². The number of carboxylic acid groups (broad SMARTS) is 1. The fraction of sp³-hybridized carbons (Fsp3) is 0.310. The van der Waals surface area contributed by atoms with Crippen molar-refractivity contribution in [2.75, 3.05) is 26.8 Å². The number of nitrogens with zero attached hydrogens (tertiary/aromatic N) is 2. The monoisotopic (exact) mass is 503 g/mol. The summed E-state index contributed by atoms with van der Waals surface area (Å²) in [6, 6.07) is 20.8. The normalized spacial score (nSPS) is 18.0. The van der Waals surface area contributed by atoms with Crippen LogP contribution in [0, 0.1) is 0 Å². The maximum absolute atomic E-state index is 11.9. The van der Waals surface area contributed by atoms with E-state index in [9.17, 15) is 9.90 Å². The third-order valence-corrected chi connectivity index (χ3v) is 7.61. The molecule has 1 fully saturated rings. The third kappa shape index (κ3) is 4.84. The minimum atomic E-state index is -0.894. The van der Waals surface area contributed by atoms with E-state index in [2.05, 4.69) is 46.4 Å². The fourth-order valence-electron chi connectivity index (χ4n) is 5.52. The van der Waals surface area contributed by atoms with E-state index in [0.717, 1.165) is 52.7 Å². The van der Waals surface area contributed by atoms with Crippen LogP contribution in [-0.4, -0.2) is 52.9 Å². The average Bonchev–Trinajstić information content (AvgIpc) is 3.38. The topological polar surface area (TPSA) is 78.5 Å². The molecule has 0 spiro atoms. The zero-order chi connectivity index (χ0) is 25.1. The van der Waals surface area contributed by atoms with Crippen molar-refractivity contribution in [1.29, 1.82) is 0 Å². The van der Waals surface area contributed by atoms with Crippen molar-refractivity contribution in [2.45, 2.75) is 31.1 Å². The highest BCUT2D eigenvalue weighted by atomic mass is 35.5. The molecule has 6 nitrogen and oxygen atoms in total. The van der Waals surface area contributed by atoms with Crippen molar-refractivity contribution in [1.82, 2.24) is 14.9 Å². The molecule has 2 N–H and O–H groups in total. The zero-order valence-electron chi connectivity index (χ0n) is 20.3. The molecule has 1 aliphatic heterocycles. The first kappa shape index (κ1) is 24.3. The first-order chi connectivity index (χ1) is 17.6. The number of ether oxygens (including phenoxy) is 1. The number of para-hydroxylation sites is 1. The molecule has 5 rings (SSSR count). The Kier molecular flexibility index (Phi) is 7.25. The van der Waals surface area contributed by atoms with E-state index in [-0.39, 0.29) is 11.8 Å². The number of fused-ring (bicyclic) bond motifs is 1. The summed E-state index contributed by atoms with van der Waals surface area (Å²) in [5, 5.41) is 10.4. The van der Waals surface area contributed by atoms with E-state index in [1.54, 1.807) is 13.4 Å². The number of rotatable bonds is 7. The predicted molar refractivity (Wildman–Crippen MR) is 143 cm³/mol. The van der Waals surface area contributed by atoms with Crippen LogP contribution in [0.4, 0.5) is 4.79 Å². The number of H-pyrrole nitrogens is 1. The number of amides is 1. The van der Waals surface area contributed by atoms with Gasteiger partial charge < -0.3 is 19.7 Å². The van der Waals surface area contributed by atoms with Gasteiger partial charge in [0.05, 0.1) is 17.4 Å². The van der Waals surface area contributed by atoms with Gasteiger partial charge in [0.25, 0.3) is 0 Å². The van der Waals surface area contributed by atoms with Gasteiger partial charge in [-0.15, -0.1) is 0 Å². The lowest BCUT2D eigenvalue weighted by molar-refractivity contribution is 0.125. The summed E-state index contributed by atoms with van der Waals surface area (Å²) in [7, 11) is 1.72. The molecule has 186 valence electrons. The summed E-state index contributed by atoms with van der Waals surface area (Å²) in [5.41, 5.74) is 7.51. The number of piperidine rings is 1. The lowest BCUT2D eigenvalue weighted by Gasteiger charge is -2.38. The minimum Gasteiger partial charge on any atom is -0.465 e. The Morgan fingerprint density at radius 1 is 1.14 bits per heavy atom. The number of aromatic nitrogens is 2. The van der Waals surface area contributed by atoms with Crippen molar-refractivity contribution in [3.63, 3.8) is 0 Å². The van der Waals surface area contributed by atoms with Gasteiger partial charge in [0.1, 0.15) is 0 Å². The number of hydrogen-bond donors (Lipinski definition) is 2. The number of nitrogens with one attached hydrogen (secondary N) is 1. The molecule has 0 aliphatic carbocycles. The molecule has 2 atom stereocenters. The van der Waals surface area contributed by atoms with E-state index < -0.39 is 6.09 Å². The summed E-state index contributed by atoms with van der Waals surface area (Å²) in [6.07, 6.45) is 3.40. The Morgan fingerprint density at radius 3 is 2.81 bits per heavy atom. The van der Waals surface area contributed by atoms with Crippen LogP contribution in [0.1, 0.15) is 41.4 Å². The van der Waals surface area contributed by atoms with Gasteiger partial charge in [-0.3, -0.25) is 0 Å². The molecular weight excluding hydrogens is 474 g/mol. The maximum Gasteiger partial charge on any atom is 0.407 e. The molecule has 36 heavy (non-hydrogen) atoms. The third-order valence-electron chi connectivity index (χ3n) is 7.29. The van der Waals surface area contributed by atoms with Crippen LogP contribution in [-0.2, 0) is 11.2 Å². The average molecular weight is 504 g/mol. The molecule has 1 amide bonds. The Balaban J connectivity index is 1.51. The van der Waals surface area contributed by atoms with Crippen LogP contribution < -0.4 is 0 Å². The molecule has 2 unspecified atom stereocenters. The van der Waals surface area contributed by atoms with Gasteiger partial charge in [-0.05, 0) is 65.1 Å². The number of aryl methyl sites for hydroxylation is 1. The Morgan fingerprint density at radius 2 is 2.00 bits per heavy atom. The van der Waals surface area contributed by atoms with Crippen LogP contribution in [0.2, 0.25) is 5.02 Å². The Hall–Kier alpha value is -3.35. The second-order valence-electron chi connectivity index (χ2n) is 9.37. The number of imidazole rings is 1. The molecule has 1 aromatic heterocycles. The summed E-state index contributed by atoms with van der Waals surface area (Å²) in [6.45, 7) is 1.61. The van der Waals surface area contributed by atoms with Crippen LogP contribution in [0.25, 0.3) is 22.2 Å². The molecule has 1 aliphatic rings. The second-order valence-corrected chi connectivity index (χ2v) is 9.77. The summed E-state index contributed by atoms with van der Waals surface area (Å²) >= 11 is 6.96. The van der Waals surface area contributed by atoms with Crippen LogP contribution >= 0.6 is 11.6 Å². The van der Waals surface area contributed by atoms with Gasteiger partial charge in [0.15, 0.2) is 0 Å². The summed E-state index contributed by atoms with van der Waals surface area (Å²) < 4.78 is 5.23. The lowest BCUT2D eigenvalue weighted by Crippen LogP contribution is -2.41. The minimum absolute atomic E-state index is 0.0735. The smallest absolute Gasteiger partial charge is 0.407 e. The van der Waals surface area contributed by atoms with Gasteiger partial charge in [-0.2, -0.15) is 0 Å². The van der Waals surface area contributed by atoms with Crippen molar-refractivity contribution < 1.29 is 14.6 Å². The van der Waals surface area contributed by atoms with E-state index in [1.165, 1.54) is 10.5 Å². The zero-order valence-corrected chi connectivity index (χ0v) is 21.0. The number of hydrogen-bond acceptors (Lipinski definition) is 3. The van der Waals surface area contributed by atoms with Gasteiger partial charge in [-0.1, -0.05) is 60.1 Å². The van der Waals surface area contributed by atoms with Crippen molar-refractivity contribution in [2.24, 2.45) is 0 Å². The SMILES string of the molecule is COCCCc1ccccc1-c1ccc(C2CN(C(=O)O)CCC2c2cccc3[nH]cnc23)c(Cl)c1. The number of halogens is 1. The lowest BCUT2D eigenvalue weighted by atomic mass is 9.76. The highest BCUT2D eigenvalue weighted by Gasteiger charge is 2.35. The number of methoxy groups -OCH3 is 1. The molecule has 3 aromatic carbocycles. The quantitative estimate of drug-likeness (QED) is 0.274. The van der Waals surface area contributed by atoms with Crippen molar-refractivity contribution in [3.8, 4) is 11.1 Å². The van der Waals surface area contributed by atoms with E-state index in [4.69, 9.17) is 16.3 Å². The Labute approximate surface area is 215 Å². The molecule has 7 heteroatoms. The molecule has 2 heterocycles. The maximum atomic E-state index is 11.9. The number of benzene rings is 3.